The van der Waals surface area contributed by atoms with Crippen molar-refractivity contribution in [2.24, 2.45) is 0 Å². The molecule has 0 unspecified atom stereocenters. The molecule has 0 saturated carbocycles. The number of H-pyrrole nitrogens is 1. The molecule has 0 fully saturated rings. The molecule has 19 heavy (non-hydrogen) atoms. The van der Waals surface area contributed by atoms with E-state index in [1.807, 2.05) is 6.07 Å². The van der Waals surface area contributed by atoms with Gasteiger partial charge in [-0.15, -0.1) is 5.10 Å². The van der Waals surface area contributed by atoms with Gasteiger partial charge in [0, 0.05) is 11.7 Å². The highest BCUT2D eigenvalue weighted by Crippen LogP contribution is 2.29. The Kier molecular flexibility index (Phi) is 2.31. The van der Waals surface area contributed by atoms with Gasteiger partial charge >= 0.3 is 0 Å². The molecule has 0 aliphatic carbocycles. The zero-order valence-electron chi connectivity index (χ0n) is 11.0. The average molecular weight is 257 g/mol. The summed E-state index contributed by atoms with van der Waals surface area (Å²) >= 11 is 0. The first kappa shape index (κ1) is 11.6. The van der Waals surface area contributed by atoms with E-state index in [-0.39, 0.29) is 11.5 Å². The number of anilines is 1. The Morgan fingerprint density at radius 2 is 2.05 bits per heavy atom. The second-order valence-electron chi connectivity index (χ2n) is 5.35. The number of nitrogen functional groups attached to an aromatic ring is 1. The molecule has 7 nitrogen and oxygen atoms in total. The van der Waals surface area contributed by atoms with E-state index < -0.39 is 0 Å². The van der Waals surface area contributed by atoms with Crippen LogP contribution >= 0.6 is 0 Å². The van der Waals surface area contributed by atoms with E-state index in [2.05, 4.69) is 50.5 Å². The lowest BCUT2D eigenvalue weighted by Gasteiger charge is -2.23. The van der Waals surface area contributed by atoms with Crippen LogP contribution in [-0.2, 0) is 5.54 Å². The number of pyridine rings is 1. The van der Waals surface area contributed by atoms with Crippen LogP contribution in [0.15, 0.2) is 18.5 Å². The lowest BCUT2D eigenvalue weighted by Crippen LogP contribution is -2.22. The fraction of sp³-hybridized carbons (Fsp3) is 0.333. The van der Waals surface area contributed by atoms with Crippen LogP contribution in [0.5, 0.6) is 0 Å². The number of nitrogens with zero attached hydrogens (tertiary/aromatic N) is 5. The number of fused-ring (bicyclic) bond motifs is 1. The fourth-order valence-electron chi connectivity index (χ4n) is 2.14. The normalized spacial score (nSPS) is 12.2. The van der Waals surface area contributed by atoms with Gasteiger partial charge in [-0.25, -0.2) is 4.98 Å². The van der Waals surface area contributed by atoms with Crippen molar-refractivity contribution in [3.8, 4) is 11.6 Å². The van der Waals surface area contributed by atoms with Gasteiger partial charge < -0.3 is 10.3 Å². The van der Waals surface area contributed by atoms with Crippen molar-refractivity contribution >= 4 is 17.0 Å². The predicted octanol–water partition coefficient (Wildman–Crippen LogP) is 1.55. The Labute approximate surface area is 109 Å². The lowest BCUT2D eigenvalue weighted by atomic mass is 10.1. The number of nitrogens with two attached hydrogens (primary N) is 1. The number of nitrogens with one attached hydrogen (secondary N) is 1. The zero-order valence-corrected chi connectivity index (χ0v) is 11.0. The quantitative estimate of drug-likeness (QED) is 0.689. The van der Waals surface area contributed by atoms with E-state index in [0.717, 1.165) is 11.0 Å². The van der Waals surface area contributed by atoms with Crippen LogP contribution in [-0.4, -0.2) is 29.7 Å². The van der Waals surface area contributed by atoms with Crippen molar-refractivity contribution in [1.82, 2.24) is 29.7 Å². The molecule has 0 bridgehead atoms. The number of imidazole rings is 1. The van der Waals surface area contributed by atoms with Crippen molar-refractivity contribution in [2.75, 3.05) is 5.73 Å². The first-order chi connectivity index (χ1) is 8.97. The largest absolute Gasteiger partial charge is 0.366 e. The van der Waals surface area contributed by atoms with Gasteiger partial charge in [0.2, 0.25) is 5.95 Å². The van der Waals surface area contributed by atoms with E-state index in [1.165, 1.54) is 0 Å². The molecule has 3 heterocycles. The highest BCUT2D eigenvalue weighted by molar-refractivity contribution is 5.79. The van der Waals surface area contributed by atoms with Gasteiger partial charge in [0.15, 0.2) is 11.6 Å². The standard InChI is InChI=1S/C12H15N7/c1-12(2,3)19-8-4-5-14-6-7(8)15-10(19)9-16-11(13)18-17-9/h4-6H,1-3H3,(H3,13,16,17,18). The summed E-state index contributed by atoms with van der Waals surface area (Å²) in [6, 6.07) is 1.94. The third kappa shape index (κ3) is 1.83. The summed E-state index contributed by atoms with van der Waals surface area (Å²) in [5.41, 5.74) is 7.25. The van der Waals surface area contributed by atoms with Crippen LogP contribution in [0.4, 0.5) is 5.95 Å². The molecule has 0 aromatic carbocycles. The molecule has 0 saturated heterocycles. The predicted molar refractivity (Wildman–Crippen MR) is 72.3 cm³/mol. The third-order valence-corrected chi connectivity index (χ3v) is 2.84. The number of hydrogen-bond acceptors (Lipinski definition) is 5. The molecule has 0 aliphatic rings. The molecule has 0 atom stereocenters. The van der Waals surface area contributed by atoms with Crippen LogP contribution in [0.3, 0.4) is 0 Å². The molecule has 3 aromatic rings. The Morgan fingerprint density at radius 1 is 1.26 bits per heavy atom. The fourth-order valence-corrected chi connectivity index (χ4v) is 2.14. The second kappa shape index (κ2) is 3.78. The molecule has 98 valence electrons. The van der Waals surface area contributed by atoms with Crippen molar-refractivity contribution < 1.29 is 0 Å². The molecule has 7 heteroatoms. The minimum atomic E-state index is -0.146. The van der Waals surface area contributed by atoms with Gasteiger partial charge in [-0.2, -0.15) is 4.98 Å². The Morgan fingerprint density at radius 3 is 2.68 bits per heavy atom. The van der Waals surface area contributed by atoms with Gasteiger partial charge in [0.25, 0.3) is 0 Å². The van der Waals surface area contributed by atoms with Gasteiger partial charge in [-0.3, -0.25) is 10.1 Å². The molecular formula is C12H15N7. The molecular weight excluding hydrogens is 242 g/mol. The lowest BCUT2D eigenvalue weighted by molar-refractivity contribution is 0.412. The maximum absolute atomic E-state index is 5.57. The van der Waals surface area contributed by atoms with Crippen LogP contribution in [0.1, 0.15) is 20.8 Å². The zero-order chi connectivity index (χ0) is 13.6. The monoisotopic (exact) mass is 257 g/mol. The van der Waals surface area contributed by atoms with Crippen molar-refractivity contribution in [3.05, 3.63) is 18.5 Å². The Bertz CT molecular complexity index is 732. The Balaban J connectivity index is 2.35. The van der Waals surface area contributed by atoms with Crippen LogP contribution < -0.4 is 5.73 Å². The SMILES string of the molecule is CC(C)(C)n1c(-c2nc(N)n[nH]2)nc2cnccc21. The Hall–Kier alpha value is -2.44. The second-order valence-corrected chi connectivity index (χ2v) is 5.35. The van der Waals surface area contributed by atoms with E-state index in [4.69, 9.17) is 5.73 Å². The van der Waals surface area contributed by atoms with Crippen molar-refractivity contribution in [3.63, 3.8) is 0 Å². The average Bonchev–Trinajstić information content (AvgIpc) is 2.90. The molecule has 0 radical (unpaired) electrons. The highest BCUT2D eigenvalue weighted by Gasteiger charge is 2.24. The van der Waals surface area contributed by atoms with Gasteiger partial charge in [-0.05, 0) is 26.8 Å². The van der Waals surface area contributed by atoms with Gasteiger partial charge in [0.1, 0.15) is 5.52 Å². The summed E-state index contributed by atoms with van der Waals surface area (Å²) in [7, 11) is 0. The smallest absolute Gasteiger partial charge is 0.239 e. The van der Waals surface area contributed by atoms with Crippen molar-refractivity contribution in [1.29, 1.82) is 0 Å². The summed E-state index contributed by atoms with van der Waals surface area (Å²) < 4.78 is 2.10. The maximum Gasteiger partial charge on any atom is 0.239 e. The summed E-state index contributed by atoms with van der Waals surface area (Å²) in [6.07, 6.45) is 3.49. The van der Waals surface area contributed by atoms with Crippen LogP contribution in [0.2, 0.25) is 0 Å². The van der Waals surface area contributed by atoms with Crippen LogP contribution in [0, 0.1) is 0 Å². The molecule has 0 spiro atoms. The van der Waals surface area contributed by atoms with Gasteiger partial charge in [-0.1, -0.05) is 0 Å². The summed E-state index contributed by atoms with van der Waals surface area (Å²) in [5, 5.41) is 6.66. The number of rotatable bonds is 1. The van der Waals surface area contributed by atoms with E-state index in [9.17, 15) is 0 Å². The highest BCUT2D eigenvalue weighted by atomic mass is 15.3. The third-order valence-electron chi connectivity index (χ3n) is 2.84. The van der Waals surface area contributed by atoms with E-state index in [0.29, 0.717) is 11.6 Å². The van der Waals surface area contributed by atoms with Gasteiger partial charge in [0.05, 0.1) is 11.7 Å². The summed E-state index contributed by atoms with van der Waals surface area (Å²) in [6.45, 7) is 6.33. The molecule has 3 aromatic heterocycles. The van der Waals surface area contributed by atoms with Crippen molar-refractivity contribution in [2.45, 2.75) is 26.3 Å². The first-order valence-corrected chi connectivity index (χ1v) is 5.98. The molecule has 0 aliphatic heterocycles. The first-order valence-electron chi connectivity index (χ1n) is 5.98. The molecule has 3 rings (SSSR count). The maximum atomic E-state index is 5.57. The van der Waals surface area contributed by atoms with Crippen LogP contribution in [0.25, 0.3) is 22.7 Å². The summed E-state index contributed by atoms with van der Waals surface area (Å²) in [4.78, 5) is 12.8. The number of hydrogen-bond donors (Lipinski definition) is 2. The van der Waals surface area contributed by atoms with E-state index in [1.54, 1.807) is 12.4 Å². The number of aromatic amines is 1. The summed E-state index contributed by atoms with van der Waals surface area (Å²) in [5.74, 6) is 1.48. The topological polar surface area (TPSA) is 98.3 Å². The number of aromatic nitrogens is 6. The molecule has 3 N–H and O–H groups in total. The minimum absolute atomic E-state index is 0.146. The van der Waals surface area contributed by atoms with E-state index >= 15 is 0 Å². The minimum Gasteiger partial charge on any atom is -0.366 e. The molecule has 0 amide bonds.